The molecule has 0 amide bonds. The first-order valence-electron chi connectivity index (χ1n) is 8.98. The fourth-order valence-corrected chi connectivity index (χ4v) is 3.52. The molecule has 5 nitrogen and oxygen atoms in total. The molecule has 0 radical (unpaired) electrons. The molecule has 3 rings (SSSR count). The van der Waals surface area contributed by atoms with Crippen LogP contribution in [0, 0.1) is 0 Å². The maximum absolute atomic E-state index is 13.6. The lowest BCUT2D eigenvalue weighted by atomic mass is 9.80. The van der Waals surface area contributed by atoms with E-state index in [-0.39, 0.29) is 17.1 Å². The Bertz CT molecular complexity index is 955. The molecule has 0 aromatic heterocycles. The molecule has 0 unspecified atom stereocenters. The standard InChI is InChI=1S/C20H21F5N4O/c1-18(14-5-4-6-15(11-14)20(23,24)25)16(29(30)28(3)17(26)27-18)12-7-9-13(10-8-12)19(2,21)22/h4-11,16,30H,1-3H3,(H2,26,27)/t16-,18+/m0/s1. The topological polar surface area (TPSA) is 65.1 Å². The van der Waals surface area contributed by atoms with Crippen molar-refractivity contribution in [3.8, 4) is 0 Å². The summed E-state index contributed by atoms with van der Waals surface area (Å²) in [5.74, 6) is -3.18. The minimum atomic E-state index is -4.57. The van der Waals surface area contributed by atoms with Gasteiger partial charge in [-0.25, -0.2) is 13.8 Å². The van der Waals surface area contributed by atoms with Crippen molar-refractivity contribution in [2.75, 3.05) is 7.05 Å². The van der Waals surface area contributed by atoms with Crippen LogP contribution in [0.1, 0.15) is 42.1 Å². The molecular weight excluding hydrogens is 407 g/mol. The van der Waals surface area contributed by atoms with Crippen molar-refractivity contribution in [2.24, 2.45) is 10.7 Å². The number of rotatable bonds is 3. The van der Waals surface area contributed by atoms with Crippen LogP contribution in [0.4, 0.5) is 22.0 Å². The third kappa shape index (κ3) is 3.84. The summed E-state index contributed by atoms with van der Waals surface area (Å²) in [5, 5.41) is 12.6. The van der Waals surface area contributed by atoms with Gasteiger partial charge in [-0.15, -0.1) is 0 Å². The Kier molecular flexibility index (Phi) is 5.28. The highest BCUT2D eigenvalue weighted by Gasteiger charge is 2.47. The number of hydrogen-bond acceptors (Lipinski definition) is 5. The predicted octanol–water partition coefficient (Wildman–Crippen LogP) is 4.64. The van der Waals surface area contributed by atoms with Crippen LogP contribution >= 0.6 is 0 Å². The third-order valence-electron chi connectivity index (χ3n) is 5.26. The van der Waals surface area contributed by atoms with E-state index in [2.05, 4.69) is 4.99 Å². The summed E-state index contributed by atoms with van der Waals surface area (Å²) in [6, 6.07) is 8.72. The molecule has 2 atom stereocenters. The van der Waals surface area contributed by atoms with Crippen LogP contribution in [0.5, 0.6) is 0 Å². The van der Waals surface area contributed by atoms with Gasteiger partial charge in [-0.2, -0.15) is 13.2 Å². The van der Waals surface area contributed by atoms with Crippen LogP contribution in [0.25, 0.3) is 0 Å². The summed E-state index contributed by atoms with van der Waals surface area (Å²) in [7, 11) is 1.42. The van der Waals surface area contributed by atoms with E-state index in [0.29, 0.717) is 5.56 Å². The Labute approximate surface area is 170 Å². The molecule has 30 heavy (non-hydrogen) atoms. The molecule has 0 saturated heterocycles. The quantitative estimate of drug-likeness (QED) is 0.700. The van der Waals surface area contributed by atoms with E-state index in [1.165, 1.54) is 50.4 Å². The summed E-state index contributed by atoms with van der Waals surface area (Å²) < 4.78 is 66.9. The molecule has 1 heterocycles. The first kappa shape index (κ1) is 22.0. The van der Waals surface area contributed by atoms with Gasteiger partial charge in [0.1, 0.15) is 11.6 Å². The number of hydroxylamine groups is 1. The van der Waals surface area contributed by atoms with Gasteiger partial charge in [-0.05, 0) is 30.2 Å². The van der Waals surface area contributed by atoms with E-state index in [1.807, 2.05) is 0 Å². The number of aliphatic imine (C=N–C) groups is 1. The van der Waals surface area contributed by atoms with Crippen LogP contribution in [0.15, 0.2) is 53.5 Å². The van der Waals surface area contributed by atoms with Crippen LogP contribution < -0.4 is 5.73 Å². The summed E-state index contributed by atoms with van der Waals surface area (Å²) in [5.41, 5.74) is 3.85. The zero-order chi connectivity index (χ0) is 22.5. The lowest BCUT2D eigenvalue weighted by Crippen LogP contribution is -2.57. The Morgan fingerprint density at radius 1 is 1.03 bits per heavy atom. The molecule has 162 valence electrons. The smallest absolute Gasteiger partial charge is 0.369 e. The Morgan fingerprint density at radius 2 is 1.63 bits per heavy atom. The van der Waals surface area contributed by atoms with Crippen molar-refractivity contribution in [1.29, 1.82) is 0 Å². The molecule has 0 saturated carbocycles. The van der Waals surface area contributed by atoms with E-state index in [9.17, 15) is 27.2 Å². The minimum absolute atomic E-state index is 0.120. The van der Waals surface area contributed by atoms with Gasteiger partial charge in [0, 0.05) is 19.5 Å². The summed E-state index contributed by atoms with van der Waals surface area (Å²) >= 11 is 0. The van der Waals surface area contributed by atoms with E-state index in [0.717, 1.165) is 29.2 Å². The normalized spacial score (nSPS) is 23.4. The number of halogens is 5. The SMILES string of the molecule is CN1C(N)=N[C@](C)(c2cccc(C(F)(F)F)c2)[C@H](c2ccc(C(C)(F)F)cc2)N1O. The zero-order valence-corrected chi connectivity index (χ0v) is 16.5. The average Bonchev–Trinajstić information content (AvgIpc) is 2.65. The van der Waals surface area contributed by atoms with Gasteiger partial charge in [0.05, 0.1) is 5.56 Å². The van der Waals surface area contributed by atoms with Crippen LogP contribution in [-0.2, 0) is 17.6 Å². The summed E-state index contributed by atoms with van der Waals surface area (Å²) in [6.45, 7) is 2.28. The third-order valence-corrected chi connectivity index (χ3v) is 5.26. The van der Waals surface area contributed by atoms with E-state index in [4.69, 9.17) is 5.73 Å². The van der Waals surface area contributed by atoms with Gasteiger partial charge in [-0.1, -0.05) is 41.6 Å². The summed E-state index contributed by atoms with van der Waals surface area (Å²) in [4.78, 5) is 4.37. The van der Waals surface area contributed by atoms with Crippen molar-refractivity contribution < 1.29 is 27.2 Å². The monoisotopic (exact) mass is 428 g/mol. The number of alkyl halides is 5. The van der Waals surface area contributed by atoms with Gasteiger partial charge in [0.15, 0.2) is 0 Å². The van der Waals surface area contributed by atoms with E-state index in [1.54, 1.807) is 0 Å². The number of hydrazine groups is 1. The van der Waals surface area contributed by atoms with Crippen LogP contribution in [-0.4, -0.2) is 28.4 Å². The molecule has 3 N–H and O–H groups in total. The molecule has 2 aromatic carbocycles. The van der Waals surface area contributed by atoms with E-state index < -0.39 is 29.2 Å². The highest BCUT2D eigenvalue weighted by molar-refractivity contribution is 5.78. The molecule has 0 spiro atoms. The molecular formula is C20H21F5N4O. The number of guanidine groups is 1. The minimum Gasteiger partial charge on any atom is -0.369 e. The lowest BCUT2D eigenvalue weighted by molar-refractivity contribution is -0.256. The van der Waals surface area contributed by atoms with Gasteiger partial charge in [0.2, 0.25) is 5.96 Å². The van der Waals surface area contributed by atoms with Crippen molar-refractivity contribution in [1.82, 2.24) is 10.2 Å². The summed E-state index contributed by atoms with van der Waals surface area (Å²) in [6.07, 6.45) is -4.57. The Morgan fingerprint density at radius 3 is 2.17 bits per heavy atom. The highest BCUT2D eigenvalue weighted by atomic mass is 19.4. The number of nitrogens with zero attached hydrogens (tertiary/aromatic N) is 3. The molecule has 0 aliphatic carbocycles. The van der Waals surface area contributed by atoms with Gasteiger partial charge in [-0.3, -0.25) is 10.2 Å². The van der Waals surface area contributed by atoms with Crippen LogP contribution in [0.3, 0.4) is 0 Å². The van der Waals surface area contributed by atoms with Crippen molar-refractivity contribution in [3.05, 3.63) is 70.8 Å². The fraction of sp³-hybridized carbons (Fsp3) is 0.350. The Balaban J connectivity index is 2.17. The highest BCUT2D eigenvalue weighted by Crippen LogP contribution is 2.46. The molecule has 0 bridgehead atoms. The first-order valence-corrected chi connectivity index (χ1v) is 8.98. The largest absolute Gasteiger partial charge is 0.416 e. The van der Waals surface area contributed by atoms with Crippen molar-refractivity contribution >= 4 is 5.96 Å². The average molecular weight is 428 g/mol. The molecule has 1 aliphatic rings. The second-order valence-corrected chi connectivity index (χ2v) is 7.45. The second-order valence-electron chi connectivity index (χ2n) is 7.45. The molecule has 2 aromatic rings. The van der Waals surface area contributed by atoms with Crippen molar-refractivity contribution in [2.45, 2.75) is 37.5 Å². The number of benzene rings is 2. The fourth-order valence-electron chi connectivity index (χ4n) is 3.52. The number of nitrogens with two attached hydrogens (primary N) is 1. The maximum Gasteiger partial charge on any atom is 0.416 e. The Hall–Kier alpha value is -2.72. The molecule has 1 aliphatic heterocycles. The second kappa shape index (κ2) is 7.21. The molecule has 0 fully saturated rings. The molecule has 10 heteroatoms. The lowest BCUT2D eigenvalue weighted by Gasteiger charge is -2.46. The maximum atomic E-state index is 13.6. The predicted molar refractivity (Wildman–Crippen MR) is 101 cm³/mol. The zero-order valence-electron chi connectivity index (χ0n) is 16.5. The first-order chi connectivity index (χ1) is 13.7. The van der Waals surface area contributed by atoms with Crippen molar-refractivity contribution in [3.63, 3.8) is 0 Å². The van der Waals surface area contributed by atoms with E-state index >= 15 is 0 Å². The van der Waals surface area contributed by atoms with Gasteiger partial charge >= 0.3 is 6.18 Å². The van der Waals surface area contributed by atoms with Crippen LogP contribution in [0.2, 0.25) is 0 Å². The van der Waals surface area contributed by atoms with Gasteiger partial charge in [0.25, 0.3) is 5.92 Å². The number of hydrogen-bond donors (Lipinski definition) is 2. The van der Waals surface area contributed by atoms with Gasteiger partial charge < -0.3 is 5.73 Å².